The van der Waals surface area contributed by atoms with Gasteiger partial charge in [0.15, 0.2) is 17.5 Å². The van der Waals surface area contributed by atoms with Gasteiger partial charge in [-0.25, -0.2) is 23.1 Å². The Bertz CT molecular complexity index is 1740. The number of aromatic nitrogens is 4. The molecule has 3 aromatic rings. The Kier molecular flexibility index (Phi) is 6.52. The van der Waals surface area contributed by atoms with Gasteiger partial charge in [0.25, 0.3) is 5.56 Å². The summed E-state index contributed by atoms with van der Waals surface area (Å²) in [4.78, 5) is 42.4. The monoisotopic (exact) mass is 576 g/mol. The summed E-state index contributed by atoms with van der Waals surface area (Å²) in [6.07, 6.45) is 1.87. The average Bonchev–Trinajstić information content (AvgIpc) is 2.90. The number of hydrogen-bond acceptors (Lipinski definition) is 8. The van der Waals surface area contributed by atoms with Crippen molar-refractivity contribution in [2.24, 2.45) is 10.9 Å². The molecule has 5 rings (SSSR count). The van der Waals surface area contributed by atoms with Crippen molar-refractivity contribution in [2.45, 2.75) is 32.4 Å². The molecule has 14 heteroatoms. The lowest BCUT2D eigenvalue weighted by Gasteiger charge is -2.29. The van der Waals surface area contributed by atoms with Crippen molar-refractivity contribution in [3.8, 4) is 5.75 Å². The predicted octanol–water partition coefficient (Wildman–Crippen LogP) is 2.70. The number of dihydropyridines is 1. The third kappa shape index (κ3) is 5.09. The first-order chi connectivity index (χ1) is 19.7. The minimum Gasteiger partial charge on any atom is -0.485 e. The molecule has 40 heavy (non-hydrogen) atoms. The second kappa shape index (κ2) is 10.5. The van der Waals surface area contributed by atoms with Crippen molar-refractivity contribution in [3.05, 3.63) is 86.3 Å². The quantitative estimate of drug-likeness (QED) is 0.477. The molecule has 208 valence electrons. The Balaban J connectivity index is 1.65. The maximum absolute atomic E-state index is 16.3. The number of aliphatic hydroxyl groups is 1. The van der Waals surface area contributed by atoms with Crippen molar-refractivity contribution >= 4 is 28.9 Å². The van der Waals surface area contributed by atoms with Gasteiger partial charge in [-0.2, -0.15) is 0 Å². The van der Waals surface area contributed by atoms with Crippen LogP contribution in [0.1, 0.15) is 39.5 Å². The van der Waals surface area contributed by atoms with Crippen LogP contribution in [0.15, 0.2) is 46.2 Å². The molecule has 0 radical (unpaired) electrons. The Hall–Kier alpha value is -4.10. The van der Waals surface area contributed by atoms with Crippen molar-refractivity contribution in [1.29, 1.82) is 0 Å². The summed E-state index contributed by atoms with van der Waals surface area (Å²) in [7, 11) is 0. The molecule has 0 fully saturated rings. The van der Waals surface area contributed by atoms with Crippen LogP contribution in [0.5, 0.6) is 5.75 Å². The Morgan fingerprint density at radius 1 is 1.27 bits per heavy atom. The van der Waals surface area contributed by atoms with Crippen molar-refractivity contribution < 1.29 is 30.6 Å². The molecule has 0 unspecified atom stereocenters. The van der Waals surface area contributed by atoms with E-state index in [-0.39, 0.29) is 48.1 Å². The lowest BCUT2D eigenvalue weighted by molar-refractivity contribution is -0.123. The van der Waals surface area contributed by atoms with Crippen molar-refractivity contribution in [3.63, 3.8) is 0 Å². The summed E-state index contributed by atoms with van der Waals surface area (Å²) in [6.45, 7) is -0.349. The fraction of sp³-hybridized carbons (Fsp3) is 0.308. The molecular formula is C26H22ClF3N6O4. The first-order valence-electron chi connectivity index (χ1n) is 12.9. The zero-order valence-corrected chi connectivity index (χ0v) is 21.8. The number of fused-ring (bicyclic) bond motifs is 3. The van der Waals surface area contributed by atoms with Gasteiger partial charge in [0.1, 0.15) is 46.1 Å². The number of nitrogens with zero attached hydrogens (tertiary/aromatic N) is 5. The van der Waals surface area contributed by atoms with Gasteiger partial charge in [-0.05, 0) is 19.9 Å². The Labute approximate surface area is 233 Å². The molecule has 2 aliphatic rings. The molecule has 0 saturated heterocycles. The zero-order chi connectivity index (χ0) is 30.6. The molecule has 2 N–H and O–H groups in total. The number of carbonyl (C=O) groups excluding carboxylic acids is 1. The Morgan fingerprint density at radius 3 is 2.77 bits per heavy atom. The van der Waals surface area contributed by atoms with Gasteiger partial charge in [-0.15, -0.1) is 0 Å². The number of halogens is 4. The molecule has 3 aromatic heterocycles. The van der Waals surface area contributed by atoms with Crippen LogP contribution in [-0.2, 0) is 23.4 Å². The lowest BCUT2D eigenvalue weighted by atomic mass is 9.95. The normalized spacial score (nSPS) is 18.4. The second-order valence-electron chi connectivity index (χ2n) is 9.45. The molecule has 0 spiro atoms. The van der Waals surface area contributed by atoms with E-state index in [4.69, 9.17) is 19.1 Å². The predicted molar refractivity (Wildman–Crippen MR) is 137 cm³/mol. The number of rotatable bonds is 5. The third-order valence-corrected chi connectivity index (χ3v) is 6.48. The van der Waals surface area contributed by atoms with Gasteiger partial charge < -0.3 is 15.2 Å². The number of hydrogen-bond donors (Lipinski definition) is 2. The van der Waals surface area contributed by atoms with E-state index in [2.05, 4.69) is 25.3 Å². The Morgan fingerprint density at radius 2 is 2.05 bits per heavy atom. The average molecular weight is 577 g/mol. The van der Waals surface area contributed by atoms with E-state index in [0.717, 1.165) is 4.57 Å². The maximum Gasteiger partial charge on any atom is 0.277 e. The first-order valence-corrected chi connectivity index (χ1v) is 12.3. The van der Waals surface area contributed by atoms with Crippen LogP contribution in [-0.4, -0.2) is 49.3 Å². The minimum atomic E-state index is -2.99. The summed E-state index contributed by atoms with van der Waals surface area (Å²) >= 11 is 6.30. The van der Waals surface area contributed by atoms with E-state index in [1.165, 1.54) is 32.2 Å². The fourth-order valence-corrected chi connectivity index (χ4v) is 4.40. The van der Waals surface area contributed by atoms with Crippen LogP contribution >= 0.6 is 11.6 Å². The van der Waals surface area contributed by atoms with Crippen LogP contribution < -0.4 is 15.6 Å². The molecule has 2 aliphatic heterocycles. The van der Waals surface area contributed by atoms with Gasteiger partial charge in [-0.1, -0.05) is 11.6 Å². The number of allylic oxidation sites excluding steroid dienone is 1. The van der Waals surface area contributed by atoms with E-state index >= 15 is 4.39 Å². The van der Waals surface area contributed by atoms with Gasteiger partial charge in [0.2, 0.25) is 5.91 Å². The second-order valence-corrected chi connectivity index (χ2v) is 9.83. The molecular weight excluding hydrogens is 553 g/mol. The molecule has 0 aromatic carbocycles. The molecule has 0 aliphatic carbocycles. The van der Waals surface area contributed by atoms with Crippen LogP contribution in [0.25, 0.3) is 5.70 Å². The van der Waals surface area contributed by atoms with E-state index < -0.39 is 63.5 Å². The first kappa shape index (κ1) is 24.9. The van der Waals surface area contributed by atoms with Crippen LogP contribution in [0.3, 0.4) is 0 Å². The van der Waals surface area contributed by atoms with Gasteiger partial charge in [-0.3, -0.25) is 24.1 Å². The molecule has 1 atom stereocenters. The van der Waals surface area contributed by atoms with E-state index in [0.29, 0.717) is 12.3 Å². The summed E-state index contributed by atoms with van der Waals surface area (Å²) in [5, 5.41) is 12.3. The lowest BCUT2D eigenvalue weighted by Crippen LogP contribution is -2.43. The fourth-order valence-electron chi connectivity index (χ4n) is 4.22. The van der Waals surface area contributed by atoms with Crippen LogP contribution in [0.4, 0.5) is 13.2 Å². The smallest absolute Gasteiger partial charge is 0.277 e. The summed E-state index contributed by atoms with van der Waals surface area (Å²) in [5.41, 5.74) is -3.97. The van der Waals surface area contributed by atoms with Gasteiger partial charge in [0.05, 0.1) is 26.9 Å². The highest BCUT2D eigenvalue weighted by atomic mass is 35.5. The minimum absolute atomic E-state index is 0.00397. The van der Waals surface area contributed by atoms with Gasteiger partial charge >= 0.3 is 0 Å². The highest BCUT2D eigenvalue weighted by molar-refractivity contribution is 6.32. The topological polar surface area (TPSA) is 132 Å². The number of amides is 1. The molecule has 1 amide bonds. The van der Waals surface area contributed by atoms with Gasteiger partial charge in [0, 0.05) is 37.0 Å². The van der Waals surface area contributed by atoms with Crippen molar-refractivity contribution in [1.82, 2.24) is 24.8 Å². The summed E-state index contributed by atoms with van der Waals surface area (Å²) in [6, 6.07) is 2.94. The summed E-state index contributed by atoms with van der Waals surface area (Å²) in [5.74, 6) is -5.78. The highest BCUT2D eigenvalue weighted by Crippen LogP contribution is 2.34. The maximum atomic E-state index is 16.3. The summed E-state index contributed by atoms with van der Waals surface area (Å²) < 4.78 is 66.5. The number of ether oxygens (including phenoxy) is 1. The van der Waals surface area contributed by atoms with E-state index in [1.54, 1.807) is 0 Å². The molecule has 5 heterocycles. The largest absolute Gasteiger partial charge is 0.485 e. The molecule has 0 saturated carbocycles. The molecule has 0 bridgehead atoms. The van der Waals surface area contributed by atoms with Crippen molar-refractivity contribution in [2.75, 3.05) is 13.1 Å². The number of carbonyl (C=O) groups is 1. The van der Waals surface area contributed by atoms with Crippen LogP contribution in [0.2, 0.25) is 5.02 Å². The third-order valence-electron chi connectivity index (χ3n) is 6.14. The number of pyridine rings is 2. The SMILES string of the molecule is [2H]C([2H])(Oc1cc2n(c(=O)c1Cl)C1=C(F)C(c3ccnc(C(C)(C)O)n3)=NC[C@@H]1C(=O)NCC2)c1ncc(F)cc1F. The standard InChI is InChI=1S/C26H22ClF3N6O4/c1-26(2,39)25-32-6-4-16(35-25)21-20(30)22-14(10-34-21)23(37)31-5-3-13-8-18(19(27)24(38)36(13)22)40-11-17-15(29)7-12(28)9-33-17/h4,6-9,14,39H,3,5,10-11H2,1-2H3,(H,31,37)/t14-/m0/s1/i11D2. The molecule has 10 nitrogen and oxygen atoms in total. The number of nitrogens with one attached hydrogen (secondary N) is 1. The van der Waals surface area contributed by atoms with E-state index in [1.807, 2.05) is 0 Å². The number of aliphatic imine (C=N–C) groups is 1. The zero-order valence-electron chi connectivity index (χ0n) is 23.0. The van der Waals surface area contributed by atoms with E-state index in [9.17, 15) is 23.5 Å². The van der Waals surface area contributed by atoms with Crippen LogP contribution in [0, 0.1) is 17.6 Å². The highest BCUT2D eigenvalue weighted by Gasteiger charge is 2.37.